The number of para-hydroxylation sites is 1. The zero-order valence-electron chi connectivity index (χ0n) is 14.2. The number of nitrogens with one attached hydrogen (secondary N) is 2. The van der Waals surface area contributed by atoms with E-state index < -0.39 is 0 Å². The van der Waals surface area contributed by atoms with Gasteiger partial charge in [-0.1, -0.05) is 12.1 Å². The van der Waals surface area contributed by atoms with E-state index >= 15 is 0 Å². The molecule has 1 unspecified atom stereocenters. The molecule has 3 rings (SSSR count). The van der Waals surface area contributed by atoms with E-state index in [-0.39, 0.29) is 24.0 Å². The number of nitrogens with zero attached hydrogens (tertiary/aromatic N) is 4. The highest BCUT2D eigenvalue weighted by Gasteiger charge is 2.24. The van der Waals surface area contributed by atoms with Gasteiger partial charge in [0.25, 0.3) is 0 Å². The Balaban J connectivity index is 0.00000225. The number of halogens is 2. The van der Waals surface area contributed by atoms with E-state index in [2.05, 4.69) is 59.6 Å². The molecule has 1 aromatic carbocycles. The molecule has 1 atom stereocenters. The van der Waals surface area contributed by atoms with Gasteiger partial charge in [-0.05, 0) is 34.5 Å². The van der Waals surface area contributed by atoms with E-state index in [9.17, 15) is 0 Å². The lowest BCUT2D eigenvalue weighted by atomic mass is 10.3. The van der Waals surface area contributed by atoms with Gasteiger partial charge in [-0.25, -0.2) is 4.98 Å². The molecule has 1 aliphatic rings. The number of guanidine groups is 1. The van der Waals surface area contributed by atoms with Gasteiger partial charge < -0.3 is 20.1 Å². The Hall–Kier alpha value is -1.29. The third-order valence-electron chi connectivity index (χ3n) is 4.17. The van der Waals surface area contributed by atoms with Gasteiger partial charge in [0, 0.05) is 56.1 Å². The molecule has 0 bridgehead atoms. The molecule has 0 amide bonds. The van der Waals surface area contributed by atoms with Gasteiger partial charge in [0.05, 0.1) is 12.0 Å². The van der Waals surface area contributed by atoms with Gasteiger partial charge in [0.15, 0.2) is 5.96 Å². The first-order valence-electron chi connectivity index (χ1n) is 8.18. The predicted octanol–water partition coefficient (Wildman–Crippen LogP) is 2.71. The zero-order valence-corrected chi connectivity index (χ0v) is 18.1. The van der Waals surface area contributed by atoms with Crippen molar-refractivity contribution in [2.45, 2.75) is 19.0 Å². The molecule has 0 spiro atoms. The maximum absolute atomic E-state index is 4.33. The summed E-state index contributed by atoms with van der Waals surface area (Å²) in [6, 6.07) is 8.77. The van der Waals surface area contributed by atoms with Crippen LogP contribution in [-0.4, -0.2) is 48.2 Å². The number of hydrogen-bond acceptors (Lipinski definition) is 3. The molecule has 1 aromatic heterocycles. The van der Waals surface area contributed by atoms with Crippen LogP contribution in [0.25, 0.3) is 0 Å². The number of rotatable bonds is 5. The van der Waals surface area contributed by atoms with Crippen LogP contribution in [0.5, 0.6) is 0 Å². The fourth-order valence-corrected chi connectivity index (χ4v) is 3.45. The van der Waals surface area contributed by atoms with Crippen molar-refractivity contribution in [3.05, 3.63) is 47.5 Å². The van der Waals surface area contributed by atoms with Crippen LogP contribution >= 0.6 is 39.9 Å². The molecule has 8 heteroatoms. The van der Waals surface area contributed by atoms with Crippen LogP contribution in [0.3, 0.4) is 0 Å². The number of imidazole rings is 1. The van der Waals surface area contributed by atoms with Gasteiger partial charge in [0.2, 0.25) is 0 Å². The first-order valence-corrected chi connectivity index (χ1v) is 8.98. The minimum atomic E-state index is 0. The molecule has 2 N–H and O–H groups in total. The quantitative estimate of drug-likeness (QED) is 0.363. The first kappa shape index (κ1) is 20.0. The lowest BCUT2D eigenvalue weighted by molar-refractivity contribution is 0.625. The van der Waals surface area contributed by atoms with E-state index in [4.69, 9.17) is 0 Å². The molecule has 1 aliphatic heterocycles. The molecule has 6 nitrogen and oxygen atoms in total. The van der Waals surface area contributed by atoms with Crippen molar-refractivity contribution in [2.75, 3.05) is 31.6 Å². The lowest BCUT2D eigenvalue weighted by Gasteiger charge is -2.21. The standard InChI is InChI=1S/C17H23BrN6.HI/c1-19-17(21-8-11-23-10-7-20-13-23)22-14-6-9-24(12-14)16-5-3-2-4-15(16)18;/h2-5,7,10,13-14H,6,8-9,11-12H2,1H3,(H2,19,21,22);1H. The summed E-state index contributed by atoms with van der Waals surface area (Å²) < 4.78 is 3.19. The molecule has 1 fully saturated rings. The summed E-state index contributed by atoms with van der Waals surface area (Å²) >= 11 is 3.64. The highest BCUT2D eigenvalue weighted by molar-refractivity contribution is 14.0. The largest absolute Gasteiger partial charge is 0.368 e. The number of aliphatic imine (C=N–C) groups is 1. The zero-order chi connectivity index (χ0) is 16.8. The average molecular weight is 519 g/mol. The molecule has 25 heavy (non-hydrogen) atoms. The monoisotopic (exact) mass is 518 g/mol. The Morgan fingerprint density at radius 2 is 2.24 bits per heavy atom. The highest BCUT2D eigenvalue weighted by Crippen LogP contribution is 2.28. The topological polar surface area (TPSA) is 57.5 Å². The Kier molecular flexibility index (Phi) is 8.01. The smallest absolute Gasteiger partial charge is 0.191 e. The van der Waals surface area contributed by atoms with Crippen molar-refractivity contribution in [2.24, 2.45) is 4.99 Å². The minimum absolute atomic E-state index is 0. The summed E-state index contributed by atoms with van der Waals surface area (Å²) in [5.41, 5.74) is 1.25. The Bertz CT molecular complexity index is 676. The molecule has 2 aromatic rings. The summed E-state index contributed by atoms with van der Waals surface area (Å²) in [5, 5.41) is 6.89. The van der Waals surface area contributed by atoms with Crippen molar-refractivity contribution in [1.82, 2.24) is 20.2 Å². The fourth-order valence-electron chi connectivity index (χ4n) is 2.92. The first-order chi connectivity index (χ1) is 11.8. The highest BCUT2D eigenvalue weighted by atomic mass is 127. The van der Waals surface area contributed by atoms with Crippen LogP contribution in [0, 0.1) is 0 Å². The maximum Gasteiger partial charge on any atom is 0.191 e. The predicted molar refractivity (Wildman–Crippen MR) is 117 cm³/mol. The van der Waals surface area contributed by atoms with E-state index in [1.807, 2.05) is 30.2 Å². The Morgan fingerprint density at radius 1 is 1.40 bits per heavy atom. The van der Waals surface area contributed by atoms with Crippen molar-refractivity contribution in [3.8, 4) is 0 Å². The normalized spacial score (nSPS) is 17.3. The van der Waals surface area contributed by atoms with Crippen molar-refractivity contribution >= 4 is 51.6 Å². The van der Waals surface area contributed by atoms with E-state index in [1.54, 1.807) is 6.20 Å². The number of anilines is 1. The van der Waals surface area contributed by atoms with Crippen LogP contribution in [0.15, 0.2) is 52.5 Å². The van der Waals surface area contributed by atoms with Gasteiger partial charge >= 0.3 is 0 Å². The second-order valence-electron chi connectivity index (χ2n) is 5.83. The minimum Gasteiger partial charge on any atom is -0.368 e. The van der Waals surface area contributed by atoms with E-state index in [1.165, 1.54) is 5.69 Å². The number of hydrogen-bond donors (Lipinski definition) is 2. The van der Waals surface area contributed by atoms with Crippen molar-refractivity contribution in [3.63, 3.8) is 0 Å². The SMILES string of the molecule is CN=C(NCCn1ccnc1)NC1CCN(c2ccccc2Br)C1.I. The average Bonchev–Trinajstić information content (AvgIpc) is 3.26. The molecule has 2 heterocycles. The molecular weight excluding hydrogens is 495 g/mol. The molecular formula is C17H24BrIN6. The second kappa shape index (κ2) is 10.0. The van der Waals surface area contributed by atoms with Gasteiger partial charge in [-0.15, -0.1) is 24.0 Å². The fraction of sp³-hybridized carbons (Fsp3) is 0.412. The van der Waals surface area contributed by atoms with Crippen LogP contribution in [0.1, 0.15) is 6.42 Å². The summed E-state index contributed by atoms with van der Waals surface area (Å²) in [4.78, 5) is 10.8. The van der Waals surface area contributed by atoms with Gasteiger partial charge in [0.1, 0.15) is 0 Å². The number of aromatic nitrogens is 2. The van der Waals surface area contributed by atoms with Crippen LogP contribution < -0.4 is 15.5 Å². The summed E-state index contributed by atoms with van der Waals surface area (Å²) in [7, 11) is 1.81. The van der Waals surface area contributed by atoms with E-state index in [0.29, 0.717) is 6.04 Å². The molecule has 136 valence electrons. The van der Waals surface area contributed by atoms with Crippen LogP contribution in [0.4, 0.5) is 5.69 Å². The lowest BCUT2D eigenvalue weighted by Crippen LogP contribution is -2.45. The second-order valence-corrected chi connectivity index (χ2v) is 6.68. The van der Waals surface area contributed by atoms with Crippen LogP contribution in [0.2, 0.25) is 0 Å². The third kappa shape index (κ3) is 5.60. The molecule has 1 saturated heterocycles. The van der Waals surface area contributed by atoms with Crippen molar-refractivity contribution < 1.29 is 0 Å². The summed E-state index contributed by atoms with van der Waals surface area (Å²) in [6.07, 6.45) is 6.68. The summed E-state index contributed by atoms with van der Waals surface area (Å²) in [5.74, 6) is 0.856. The molecule has 0 radical (unpaired) electrons. The van der Waals surface area contributed by atoms with Gasteiger partial charge in [-0.3, -0.25) is 4.99 Å². The Labute approximate surface area is 174 Å². The van der Waals surface area contributed by atoms with Crippen molar-refractivity contribution in [1.29, 1.82) is 0 Å². The Morgan fingerprint density at radius 3 is 2.96 bits per heavy atom. The third-order valence-corrected chi connectivity index (χ3v) is 4.84. The summed E-state index contributed by atoms with van der Waals surface area (Å²) in [6.45, 7) is 3.71. The number of benzene rings is 1. The van der Waals surface area contributed by atoms with E-state index in [0.717, 1.165) is 43.0 Å². The maximum atomic E-state index is 4.33. The molecule has 0 aliphatic carbocycles. The van der Waals surface area contributed by atoms with Crippen LogP contribution in [-0.2, 0) is 6.54 Å². The van der Waals surface area contributed by atoms with Gasteiger partial charge in [-0.2, -0.15) is 0 Å². The molecule has 0 saturated carbocycles.